The topological polar surface area (TPSA) is 52.1 Å². The molecule has 4 nitrogen and oxygen atoms in total. The van der Waals surface area contributed by atoms with Crippen molar-refractivity contribution in [1.29, 1.82) is 0 Å². The van der Waals surface area contributed by atoms with Crippen LogP contribution in [0.2, 0.25) is 0 Å². The van der Waals surface area contributed by atoms with Gasteiger partial charge >= 0.3 is 0 Å². The van der Waals surface area contributed by atoms with Crippen LogP contribution in [0.5, 0.6) is 5.75 Å². The van der Waals surface area contributed by atoms with E-state index in [2.05, 4.69) is 9.97 Å². The number of ketones is 1. The predicted octanol–water partition coefficient (Wildman–Crippen LogP) is 4.69. The third-order valence-corrected chi connectivity index (χ3v) is 6.72. The third-order valence-electron chi connectivity index (χ3n) is 4.53. The molecule has 0 saturated heterocycles. The number of Topliss-reactive ketones (excluding diaryl/α,β-unsaturated/α-hetero) is 1. The van der Waals surface area contributed by atoms with Gasteiger partial charge in [0.2, 0.25) is 0 Å². The number of ether oxygens (including phenoxy) is 1. The lowest BCUT2D eigenvalue weighted by atomic mass is 9.97. The zero-order valence-corrected chi connectivity index (χ0v) is 15.9. The second kappa shape index (κ2) is 7.32. The summed E-state index contributed by atoms with van der Waals surface area (Å²) in [6.07, 6.45) is 6.11. The number of fused-ring (bicyclic) bond motifs is 3. The van der Waals surface area contributed by atoms with Crippen molar-refractivity contribution >= 4 is 39.1 Å². The van der Waals surface area contributed by atoms with Crippen LogP contribution in [0.15, 0.2) is 29.6 Å². The fraction of sp³-hybridized carbons (Fsp3) is 0.316. The van der Waals surface area contributed by atoms with Crippen molar-refractivity contribution in [3.05, 3.63) is 46.3 Å². The van der Waals surface area contributed by atoms with Crippen molar-refractivity contribution in [3.63, 3.8) is 0 Å². The SMILES string of the molecule is COc1ccc(C(=O)CSc2ncnc3sc4c(c23)CCCC4)cc1F. The highest BCUT2D eigenvalue weighted by molar-refractivity contribution is 8.00. The van der Waals surface area contributed by atoms with Crippen LogP contribution in [0.1, 0.15) is 33.6 Å². The molecule has 0 fully saturated rings. The quantitative estimate of drug-likeness (QED) is 0.360. The van der Waals surface area contributed by atoms with Gasteiger partial charge in [-0.25, -0.2) is 14.4 Å². The molecule has 7 heteroatoms. The molecular weight excluding hydrogens is 371 g/mol. The van der Waals surface area contributed by atoms with Crippen LogP contribution >= 0.6 is 23.1 Å². The van der Waals surface area contributed by atoms with Gasteiger partial charge in [-0.15, -0.1) is 11.3 Å². The van der Waals surface area contributed by atoms with Crippen molar-refractivity contribution < 1.29 is 13.9 Å². The largest absolute Gasteiger partial charge is 0.494 e. The number of hydrogen-bond acceptors (Lipinski definition) is 6. The van der Waals surface area contributed by atoms with E-state index in [1.54, 1.807) is 23.7 Å². The lowest BCUT2D eigenvalue weighted by Gasteiger charge is -2.11. The zero-order valence-electron chi connectivity index (χ0n) is 14.3. The van der Waals surface area contributed by atoms with Crippen LogP contribution in [0.4, 0.5) is 4.39 Å². The highest BCUT2D eigenvalue weighted by atomic mass is 32.2. The number of carbonyl (C=O) groups excluding carboxylic acids is 1. The summed E-state index contributed by atoms with van der Waals surface area (Å²) in [5, 5.41) is 1.95. The summed E-state index contributed by atoms with van der Waals surface area (Å²) in [7, 11) is 1.40. The average molecular weight is 388 g/mol. The Morgan fingerprint density at radius 1 is 1.31 bits per heavy atom. The number of hydrogen-bond donors (Lipinski definition) is 0. The molecule has 0 spiro atoms. The standard InChI is InChI=1S/C19H17FN2O2S2/c1-24-15-7-6-11(8-13(15)20)14(23)9-25-18-17-12-4-2-3-5-16(12)26-19(17)22-10-21-18/h6-8,10H,2-5,9H2,1H3. The van der Waals surface area contributed by atoms with Gasteiger partial charge in [0, 0.05) is 15.8 Å². The Bertz CT molecular complexity index is 987. The molecule has 1 aliphatic carbocycles. The van der Waals surface area contributed by atoms with Gasteiger partial charge in [-0.3, -0.25) is 4.79 Å². The summed E-state index contributed by atoms with van der Waals surface area (Å²) in [6, 6.07) is 4.29. The fourth-order valence-electron chi connectivity index (χ4n) is 3.23. The maximum atomic E-state index is 13.8. The maximum absolute atomic E-state index is 13.8. The van der Waals surface area contributed by atoms with Gasteiger partial charge in [0.05, 0.1) is 12.9 Å². The zero-order chi connectivity index (χ0) is 18.1. The average Bonchev–Trinajstić information content (AvgIpc) is 3.05. The third kappa shape index (κ3) is 3.21. The predicted molar refractivity (Wildman–Crippen MR) is 102 cm³/mol. The highest BCUT2D eigenvalue weighted by Gasteiger charge is 2.20. The highest BCUT2D eigenvalue weighted by Crippen LogP contribution is 2.39. The van der Waals surface area contributed by atoms with Crippen LogP contribution in [0.3, 0.4) is 0 Å². The number of methoxy groups -OCH3 is 1. The number of carbonyl (C=O) groups is 1. The van der Waals surface area contributed by atoms with Crippen molar-refractivity contribution in [2.24, 2.45) is 0 Å². The van der Waals surface area contributed by atoms with Crippen LogP contribution in [-0.2, 0) is 12.8 Å². The Kier molecular flexibility index (Phi) is 4.91. The lowest BCUT2D eigenvalue weighted by molar-refractivity contribution is 0.102. The number of aryl methyl sites for hydroxylation is 2. The molecule has 2 heterocycles. The Morgan fingerprint density at radius 2 is 2.15 bits per heavy atom. The monoisotopic (exact) mass is 388 g/mol. The molecule has 1 aliphatic rings. The van der Waals surface area contributed by atoms with Crippen molar-refractivity contribution in [2.75, 3.05) is 12.9 Å². The molecule has 2 aromatic heterocycles. The Morgan fingerprint density at radius 3 is 2.96 bits per heavy atom. The Labute approximate surface area is 158 Å². The fourth-order valence-corrected chi connectivity index (χ4v) is 5.44. The van der Waals surface area contributed by atoms with Crippen LogP contribution in [-0.4, -0.2) is 28.6 Å². The molecule has 3 aromatic rings. The van der Waals surface area contributed by atoms with Gasteiger partial charge in [0.25, 0.3) is 0 Å². The van der Waals surface area contributed by atoms with Crippen LogP contribution in [0.25, 0.3) is 10.2 Å². The molecule has 0 unspecified atom stereocenters. The van der Waals surface area contributed by atoms with E-state index in [1.165, 1.54) is 54.3 Å². The number of thiophene rings is 1. The minimum Gasteiger partial charge on any atom is -0.494 e. The molecule has 1 aromatic carbocycles. The van der Waals surface area contributed by atoms with E-state index in [4.69, 9.17) is 4.74 Å². The first-order valence-electron chi connectivity index (χ1n) is 8.42. The number of halogens is 1. The molecule has 0 N–H and O–H groups in total. The van der Waals surface area contributed by atoms with E-state index in [0.29, 0.717) is 5.56 Å². The molecule has 0 saturated carbocycles. The Hall–Kier alpha value is -1.99. The first kappa shape index (κ1) is 17.4. The van der Waals surface area contributed by atoms with E-state index in [1.807, 2.05) is 0 Å². The smallest absolute Gasteiger partial charge is 0.173 e. The van der Waals surface area contributed by atoms with Gasteiger partial charge in [-0.2, -0.15) is 0 Å². The summed E-state index contributed by atoms with van der Waals surface area (Å²) < 4.78 is 18.7. The van der Waals surface area contributed by atoms with Gasteiger partial charge < -0.3 is 4.74 Å². The molecule has 134 valence electrons. The molecule has 0 atom stereocenters. The number of thioether (sulfide) groups is 1. The normalized spacial score (nSPS) is 13.6. The molecular formula is C19H17FN2O2S2. The molecule has 26 heavy (non-hydrogen) atoms. The van der Waals surface area contributed by atoms with Gasteiger partial charge in [0.15, 0.2) is 17.3 Å². The summed E-state index contributed by atoms with van der Waals surface area (Å²) in [5.74, 6) is -0.314. The summed E-state index contributed by atoms with van der Waals surface area (Å²) in [4.78, 5) is 23.7. The summed E-state index contributed by atoms with van der Waals surface area (Å²) in [6.45, 7) is 0. The first-order valence-corrected chi connectivity index (χ1v) is 10.2. The Balaban J connectivity index is 1.57. The first-order chi connectivity index (χ1) is 12.7. The molecule has 4 rings (SSSR count). The minimum absolute atomic E-state index is 0.132. The molecule has 0 amide bonds. The molecule has 0 bridgehead atoms. The van der Waals surface area contributed by atoms with E-state index in [-0.39, 0.29) is 17.3 Å². The van der Waals surface area contributed by atoms with Gasteiger partial charge in [-0.1, -0.05) is 11.8 Å². The second-order valence-corrected chi connectivity index (χ2v) is 8.18. The van der Waals surface area contributed by atoms with Crippen molar-refractivity contribution in [2.45, 2.75) is 30.7 Å². The van der Waals surface area contributed by atoms with Crippen LogP contribution < -0.4 is 4.74 Å². The number of nitrogens with zero attached hydrogens (tertiary/aromatic N) is 2. The van der Waals surface area contributed by atoms with Gasteiger partial charge in [0.1, 0.15) is 16.2 Å². The van der Waals surface area contributed by atoms with Crippen molar-refractivity contribution in [3.8, 4) is 5.75 Å². The maximum Gasteiger partial charge on any atom is 0.173 e. The number of rotatable bonds is 5. The van der Waals surface area contributed by atoms with E-state index < -0.39 is 5.82 Å². The number of benzene rings is 1. The summed E-state index contributed by atoms with van der Waals surface area (Å²) in [5.41, 5.74) is 1.69. The van der Waals surface area contributed by atoms with E-state index in [9.17, 15) is 9.18 Å². The molecule has 0 radical (unpaired) electrons. The molecule has 0 aliphatic heterocycles. The van der Waals surface area contributed by atoms with Crippen LogP contribution in [0, 0.1) is 5.82 Å². The van der Waals surface area contributed by atoms with Gasteiger partial charge in [-0.05, 0) is 49.4 Å². The van der Waals surface area contributed by atoms with E-state index in [0.717, 1.165) is 28.1 Å². The van der Waals surface area contributed by atoms with Crippen molar-refractivity contribution in [1.82, 2.24) is 9.97 Å². The number of aromatic nitrogens is 2. The lowest BCUT2D eigenvalue weighted by Crippen LogP contribution is -2.04. The van der Waals surface area contributed by atoms with E-state index >= 15 is 0 Å². The summed E-state index contributed by atoms with van der Waals surface area (Å²) >= 11 is 3.14. The second-order valence-electron chi connectivity index (χ2n) is 6.13. The minimum atomic E-state index is -0.528.